The Morgan fingerprint density at radius 1 is 1.17 bits per heavy atom. The zero-order valence-electron chi connectivity index (χ0n) is 9.58. The van der Waals surface area contributed by atoms with Gasteiger partial charge in [-0.05, 0) is 52.7 Å². The molecule has 0 aliphatic heterocycles. The quantitative estimate of drug-likeness (QED) is 0.782. The number of aromatic nitrogens is 1. The van der Waals surface area contributed by atoms with Gasteiger partial charge in [0.05, 0.1) is 6.54 Å². The lowest BCUT2D eigenvalue weighted by Gasteiger charge is -2.08. The van der Waals surface area contributed by atoms with Gasteiger partial charge in [-0.3, -0.25) is 4.79 Å². The molecule has 0 aliphatic carbocycles. The first kappa shape index (κ1) is 13.5. The number of benzene rings is 1. The molecule has 0 unspecified atom stereocenters. The largest absolute Gasteiger partial charge is 0.310 e. The Labute approximate surface area is 121 Å². The van der Waals surface area contributed by atoms with Crippen molar-refractivity contribution in [3.05, 3.63) is 66.7 Å². The molecular weight excluding hydrogens is 365 g/mol. The van der Waals surface area contributed by atoms with E-state index >= 15 is 0 Å². The van der Waals surface area contributed by atoms with Gasteiger partial charge in [-0.1, -0.05) is 15.9 Å². The van der Waals surface area contributed by atoms with Gasteiger partial charge in [0, 0.05) is 20.7 Å². The minimum absolute atomic E-state index is 0.0708. The Hall–Kier alpha value is -0.940. The van der Waals surface area contributed by atoms with Crippen LogP contribution in [0.4, 0.5) is 4.39 Å². The summed E-state index contributed by atoms with van der Waals surface area (Å²) in [7, 11) is 0. The van der Waals surface area contributed by atoms with Gasteiger partial charge in [0.2, 0.25) is 0 Å². The summed E-state index contributed by atoms with van der Waals surface area (Å²) in [5.41, 5.74) is 1.32. The first-order chi connectivity index (χ1) is 8.45. The van der Waals surface area contributed by atoms with E-state index in [1.54, 1.807) is 29.8 Å². The van der Waals surface area contributed by atoms with Gasteiger partial charge in [0.15, 0.2) is 0 Å². The van der Waals surface area contributed by atoms with E-state index in [4.69, 9.17) is 0 Å². The number of aryl methyl sites for hydroxylation is 1. The summed E-state index contributed by atoms with van der Waals surface area (Å²) in [6.45, 7) is 2.10. The Balaban J connectivity index is 2.43. The summed E-state index contributed by atoms with van der Waals surface area (Å²) in [5.74, 6) is -0.320. The minimum atomic E-state index is -0.320. The third kappa shape index (κ3) is 3.09. The molecule has 0 saturated heterocycles. The van der Waals surface area contributed by atoms with E-state index in [1.165, 1.54) is 12.1 Å². The average Bonchev–Trinajstić information content (AvgIpc) is 2.23. The topological polar surface area (TPSA) is 22.0 Å². The SMILES string of the molecule is Cc1cc(Br)cn(Cc2cc(F)cc(Br)c2)c1=O. The first-order valence-corrected chi connectivity index (χ1v) is 6.86. The maximum Gasteiger partial charge on any atom is 0.253 e. The fourth-order valence-electron chi connectivity index (χ4n) is 1.76. The van der Waals surface area contributed by atoms with Crippen molar-refractivity contribution < 1.29 is 4.39 Å². The Kier molecular flexibility index (Phi) is 4.02. The third-order valence-corrected chi connectivity index (χ3v) is 3.40. The van der Waals surface area contributed by atoms with E-state index in [9.17, 15) is 9.18 Å². The number of nitrogens with zero attached hydrogens (tertiary/aromatic N) is 1. The summed E-state index contributed by atoms with van der Waals surface area (Å²) >= 11 is 6.58. The second-order valence-electron chi connectivity index (χ2n) is 4.05. The molecule has 0 radical (unpaired) electrons. The molecule has 0 amide bonds. The molecule has 2 nitrogen and oxygen atoms in total. The van der Waals surface area contributed by atoms with E-state index in [2.05, 4.69) is 31.9 Å². The van der Waals surface area contributed by atoms with Gasteiger partial charge in [-0.25, -0.2) is 4.39 Å². The van der Waals surface area contributed by atoms with Crippen LogP contribution in [0.5, 0.6) is 0 Å². The highest BCUT2D eigenvalue weighted by Gasteiger charge is 2.05. The normalized spacial score (nSPS) is 10.7. The Bertz CT molecular complexity index is 632. The van der Waals surface area contributed by atoms with Crippen LogP contribution in [0.15, 0.2) is 44.2 Å². The van der Waals surface area contributed by atoms with Crippen molar-refractivity contribution >= 4 is 31.9 Å². The van der Waals surface area contributed by atoms with Crippen LogP contribution in [-0.2, 0) is 6.54 Å². The van der Waals surface area contributed by atoms with E-state index in [-0.39, 0.29) is 11.4 Å². The van der Waals surface area contributed by atoms with Gasteiger partial charge in [-0.15, -0.1) is 0 Å². The summed E-state index contributed by atoms with van der Waals surface area (Å²) in [6, 6.07) is 6.37. The highest BCUT2D eigenvalue weighted by atomic mass is 79.9. The maximum atomic E-state index is 13.3. The zero-order valence-corrected chi connectivity index (χ0v) is 12.8. The predicted octanol–water partition coefficient (Wildman–Crippen LogP) is 3.87. The van der Waals surface area contributed by atoms with Gasteiger partial charge in [-0.2, -0.15) is 0 Å². The second-order valence-corrected chi connectivity index (χ2v) is 5.88. The highest BCUT2D eigenvalue weighted by molar-refractivity contribution is 9.10. The molecule has 1 aromatic carbocycles. The molecule has 0 bridgehead atoms. The number of halogens is 3. The van der Waals surface area contributed by atoms with Crippen molar-refractivity contribution in [1.29, 1.82) is 0 Å². The molecule has 0 aliphatic rings. The Morgan fingerprint density at radius 2 is 1.89 bits per heavy atom. The molecule has 0 fully saturated rings. The van der Waals surface area contributed by atoms with E-state index in [1.807, 2.05) is 0 Å². The van der Waals surface area contributed by atoms with Crippen molar-refractivity contribution in [1.82, 2.24) is 4.57 Å². The van der Waals surface area contributed by atoms with Crippen molar-refractivity contribution in [3.8, 4) is 0 Å². The zero-order chi connectivity index (χ0) is 13.3. The molecule has 0 spiro atoms. The molecule has 94 valence electrons. The molecule has 0 N–H and O–H groups in total. The van der Waals surface area contributed by atoms with Gasteiger partial charge >= 0.3 is 0 Å². The van der Waals surface area contributed by atoms with E-state index < -0.39 is 0 Å². The summed E-state index contributed by atoms with van der Waals surface area (Å²) in [6.07, 6.45) is 1.70. The van der Waals surface area contributed by atoms with Crippen LogP contribution >= 0.6 is 31.9 Å². The fourth-order valence-corrected chi connectivity index (χ4v) is 2.86. The number of hydrogen-bond acceptors (Lipinski definition) is 1. The summed E-state index contributed by atoms with van der Waals surface area (Å²) in [4.78, 5) is 11.9. The molecule has 1 heterocycles. The minimum Gasteiger partial charge on any atom is -0.310 e. The fraction of sp³-hybridized carbons (Fsp3) is 0.154. The van der Waals surface area contributed by atoms with Crippen LogP contribution in [0.1, 0.15) is 11.1 Å². The number of hydrogen-bond donors (Lipinski definition) is 0. The summed E-state index contributed by atoms with van der Waals surface area (Å²) in [5, 5.41) is 0. The first-order valence-electron chi connectivity index (χ1n) is 5.27. The standard InChI is InChI=1S/C13H10Br2FNO/c1-8-2-11(15)7-17(13(8)18)6-9-3-10(14)5-12(16)4-9/h2-5,7H,6H2,1H3. The van der Waals surface area contributed by atoms with E-state index in [0.29, 0.717) is 16.6 Å². The molecule has 0 saturated carbocycles. The lowest BCUT2D eigenvalue weighted by Crippen LogP contribution is -2.22. The third-order valence-electron chi connectivity index (χ3n) is 2.51. The van der Waals surface area contributed by atoms with Crippen LogP contribution in [0.3, 0.4) is 0 Å². The molecule has 0 atom stereocenters. The highest BCUT2D eigenvalue weighted by Crippen LogP contribution is 2.16. The average molecular weight is 375 g/mol. The Morgan fingerprint density at radius 3 is 2.56 bits per heavy atom. The monoisotopic (exact) mass is 373 g/mol. The van der Waals surface area contributed by atoms with Crippen molar-refractivity contribution in [2.24, 2.45) is 0 Å². The van der Waals surface area contributed by atoms with Gasteiger partial charge in [0.25, 0.3) is 5.56 Å². The molecular formula is C13H10Br2FNO. The molecule has 5 heteroatoms. The van der Waals surface area contributed by atoms with Crippen molar-refractivity contribution in [2.75, 3.05) is 0 Å². The molecule has 1 aromatic heterocycles. The summed E-state index contributed by atoms with van der Waals surface area (Å²) < 4.78 is 16.3. The molecule has 2 rings (SSSR count). The van der Waals surface area contributed by atoms with E-state index in [0.717, 1.165) is 10.0 Å². The number of pyridine rings is 1. The maximum absolute atomic E-state index is 13.3. The lowest BCUT2D eigenvalue weighted by molar-refractivity contribution is 0.621. The van der Waals surface area contributed by atoms with Crippen LogP contribution in [-0.4, -0.2) is 4.57 Å². The van der Waals surface area contributed by atoms with Crippen molar-refractivity contribution in [3.63, 3.8) is 0 Å². The molecule has 18 heavy (non-hydrogen) atoms. The van der Waals surface area contributed by atoms with Gasteiger partial charge in [0.1, 0.15) is 5.82 Å². The molecule has 2 aromatic rings. The van der Waals surface area contributed by atoms with Gasteiger partial charge < -0.3 is 4.57 Å². The van der Waals surface area contributed by atoms with Crippen LogP contribution in [0.25, 0.3) is 0 Å². The predicted molar refractivity (Wildman–Crippen MR) is 76.3 cm³/mol. The van der Waals surface area contributed by atoms with Crippen LogP contribution < -0.4 is 5.56 Å². The van der Waals surface area contributed by atoms with Crippen LogP contribution in [0.2, 0.25) is 0 Å². The second kappa shape index (κ2) is 5.36. The number of rotatable bonds is 2. The van der Waals surface area contributed by atoms with Crippen LogP contribution in [0, 0.1) is 12.7 Å². The van der Waals surface area contributed by atoms with Crippen molar-refractivity contribution in [2.45, 2.75) is 13.5 Å². The lowest BCUT2D eigenvalue weighted by atomic mass is 10.2. The smallest absolute Gasteiger partial charge is 0.253 e.